The zero-order valence-corrected chi connectivity index (χ0v) is 13.9. The molecule has 0 atom stereocenters. The summed E-state index contributed by atoms with van der Waals surface area (Å²) in [5.41, 5.74) is 6.75. The topological polar surface area (TPSA) is 72.2 Å². The molecule has 3 N–H and O–H groups in total. The second-order valence-electron chi connectivity index (χ2n) is 5.81. The maximum atomic E-state index is 12.5. The van der Waals surface area contributed by atoms with Crippen molar-refractivity contribution in [2.45, 2.75) is 62.8 Å². The zero-order valence-electron chi connectivity index (χ0n) is 12.4. The molecule has 118 valence electrons. The first-order valence-electron chi connectivity index (χ1n) is 7.48. The maximum Gasteiger partial charge on any atom is 0.240 e. The summed E-state index contributed by atoms with van der Waals surface area (Å²) < 4.78 is 27.8. The van der Waals surface area contributed by atoms with Crippen molar-refractivity contribution in [1.29, 1.82) is 0 Å². The van der Waals surface area contributed by atoms with Crippen LogP contribution in [0, 0.1) is 6.92 Å². The van der Waals surface area contributed by atoms with Gasteiger partial charge in [0, 0.05) is 6.04 Å². The van der Waals surface area contributed by atoms with E-state index in [0.717, 1.165) is 25.7 Å². The van der Waals surface area contributed by atoms with Crippen molar-refractivity contribution in [3.8, 4) is 0 Å². The third kappa shape index (κ3) is 4.34. The third-order valence-electron chi connectivity index (χ3n) is 3.99. The van der Waals surface area contributed by atoms with Gasteiger partial charge in [-0.15, -0.1) is 0 Å². The van der Waals surface area contributed by atoms with Crippen LogP contribution in [0.15, 0.2) is 17.0 Å². The van der Waals surface area contributed by atoms with Crippen molar-refractivity contribution in [2.75, 3.05) is 5.73 Å². The highest BCUT2D eigenvalue weighted by atomic mass is 35.5. The molecule has 0 unspecified atom stereocenters. The second-order valence-corrected chi connectivity index (χ2v) is 7.90. The van der Waals surface area contributed by atoms with Gasteiger partial charge in [-0.2, -0.15) is 0 Å². The minimum absolute atomic E-state index is 0.0208. The molecule has 0 aromatic heterocycles. The zero-order chi connectivity index (χ0) is 15.5. The molecule has 0 spiro atoms. The summed E-state index contributed by atoms with van der Waals surface area (Å²) in [5.74, 6) is 0. The number of hydrogen-bond donors (Lipinski definition) is 2. The molecule has 0 aliphatic heterocycles. The number of nitrogens with two attached hydrogens (primary N) is 1. The smallest absolute Gasteiger partial charge is 0.240 e. The first-order chi connectivity index (χ1) is 9.90. The number of halogens is 1. The molecular formula is C15H23ClN2O2S. The van der Waals surface area contributed by atoms with E-state index in [-0.39, 0.29) is 10.9 Å². The lowest BCUT2D eigenvalue weighted by molar-refractivity contribution is 0.426. The SMILES string of the molecule is Cc1cc(S(=O)(=O)NC2CCCCCCC2)cc(N)c1Cl. The Morgan fingerprint density at radius 1 is 1.14 bits per heavy atom. The molecule has 1 aromatic carbocycles. The average molecular weight is 331 g/mol. The van der Waals surface area contributed by atoms with Crippen molar-refractivity contribution >= 4 is 27.3 Å². The van der Waals surface area contributed by atoms with Crippen molar-refractivity contribution < 1.29 is 8.42 Å². The largest absolute Gasteiger partial charge is 0.397 e. The predicted molar refractivity (Wildman–Crippen MR) is 87.0 cm³/mol. The number of nitrogens with one attached hydrogen (secondary N) is 1. The first-order valence-corrected chi connectivity index (χ1v) is 9.34. The molecule has 4 nitrogen and oxygen atoms in total. The van der Waals surface area contributed by atoms with Crippen LogP contribution < -0.4 is 10.5 Å². The van der Waals surface area contributed by atoms with Gasteiger partial charge in [0.05, 0.1) is 15.6 Å². The molecule has 0 amide bonds. The molecule has 2 rings (SSSR count). The van der Waals surface area contributed by atoms with Crippen LogP contribution in [0.3, 0.4) is 0 Å². The Labute approximate surface area is 132 Å². The Morgan fingerprint density at radius 3 is 2.29 bits per heavy atom. The van der Waals surface area contributed by atoms with Crippen LogP contribution in [0.2, 0.25) is 5.02 Å². The summed E-state index contributed by atoms with van der Waals surface area (Å²) in [6, 6.07) is 3.03. The fraction of sp³-hybridized carbons (Fsp3) is 0.600. The summed E-state index contributed by atoms with van der Waals surface area (Å²) in [6.07, 6.45) is 7.59. The van der Waals surface area contributed by atoms with Crippen LogP contribution in [0.1, 0.15) is 50.5 Å². The monoisotopic (exact) mass is 330 g/mol. The number of sulfonamides is 1. The number of benzene rings is 1. The molecule has 1 aliphatic carbocycles. The highest BCUT2D eigenvalue weighted by Gasteiger charge is 2.22. The van der Waals surface area contributed by atoms with E-state index in [2.05, 4.69) is 4.72 Å². The van der Waals surface area contributed by atoms with Gasteiger partial charge < -0.3 is 5.73 Å². The summed E-state index contributed by atoms with van der Waals surface area (Å²) in [7, 11) is -3.54. The highest BCUT2D eigenvalue weighted by Crippen LogP contribution is 2.27. The van der Waals surface area contributed by atoms with Gasteiger partial charge in [-0.25, -0.2) is 13.1 Å². The van der Waals surface area contributed by atoms with Gasteiger partial charge in [-0.3, -0.25) is 0 Å². The van der Waals surface area contributed by atoms with E-state index in [1.54, 1.807) is 13.0 Å². The van der Waals surface area contributed by atoms with E-state index < -0.39 is 10.0 Å². The fourth-order valence-corrected chi connectivity index (χ4v) is 4.31. The molecule has 0 saturated heterocycles. The Kier molecular flexibility index (Phi) is 5.52. The molecule has 0 bridgehead atoms. The number of hydrogen-bond acceptors (Lipinski definition) is 3. The van der Waals surface area contributed by atoms with Gasteiger partial charge in [-0.05, 0) is 37.5 Å². The van der Waals surface area contributed by atoms with E-state index >= 15 is 0 Å². The number of aryl methyl sites for hydroxylation is 1. The van der Waals surface area contributed by atoms with Crippen LogP contribution in [0.5, 0.6) is 0 Å². The summed E-state index contributed by atoms with van der Waals surface area (Å²) in [4.78, 5) is 0.198. The van der Waals surface area contributed by atoms with E-state index in [4.69, 9.17) is 17.3 Å². The fourth-order valence-electron chi connectivity index (χ4n) is 2.78. The molecule has 1 fully saturated rings. The van der Waals surface area contributed by atoms with Crippen molar-refractivity contribution in [2.24, 2.45) is 0 Å². The van der Waals surface area contributed by atoms with Crippen molar-refractivity contribution in [3.63, 3.8) is 0 Å². The lowest BCUT2D eigenvalue weighted by atomic mass is 9.97. The van der Waals surface area contributed by atoms with E-state index in [0.29, 0.717) is 16.3 Å². The van der Waals surface area contributed by atoms with E-state index in [9.17, 15) is 8.42 Å². The molecule has 0 heterocycles. The Morgan fingerprint density at radius 2 is 1.71 bits per heavy atom. The minimum atomic E-state index is -3.54. The van der Waals surface area contributed by atoms with Gasteiger partial charge in [0.1, 0.15) is 0 Å². The number of anilines is 1. The van der Waals surface area contributed by atoms with Gasteiger partial charge in [0.15, 0.2) is 0 Å². The summed E-state index contributed by atoms with van der Waals surface area (Å²) in [5, 5.41) is 0.417. The van der Waals surface area contributed by atoms with Crippen LogP contribution in [0.4, 0.5) is 5.69 Å². The molecule has 1 aromatic rings. The van der Waals surface area contributed by atoms with Crippen molar-refractivity contribution in [3.05, 3.63) is 22.7 Å². The van der Waals surface area contributed by atoms with Crippen LogP contribution in [0.25, 0.3) is 0 Å². The first kappa shape index (κ1) is 16.6. The van der Waals surface area contributed by atoms with Gasteiger partial charge in [-0.1, -0.05) is 43.7 Å². The maximum absolute atomic E-state index is 12.5. The number of rotatable bonds is 3. The normalized spacial score (nSPS) is 18.2. The van der Waals surface area contributed by atoms with Gasteiger partial charge >= 0.3 is 0 Å². The molecular weight excluding hydrogens is 308 g/mol. The average Bonchev–Trinajstić information content (AvgIpc) is 2.38. The predicted octanol–water partition coefficient (Wildman–Crippen LogP) is 3.62. The van der Waals surface area contributed by atoms with Gasteiger partial charge in [0.25, 0.3) is 0 Å². The Balaban J connectivity index is 2.17. The Bertz CT molecular complexity index is 571. The second kappa shape index (κ2) is 6.99. The third-order valence-corrected chi connectivity index (χ3v) is 6.01. The minimum Gasteiger partial charge on any atom is -0.397 e. The summed E-state index contributed by atoms with van der Waals surface area (Å²) in [6.45, 7) is 1.76. The lowest BCUT2D eigenvalue weighted by Crippen LogP contribution is -2.35. The van der Waals surface area contributed by atoms with E-state index in [1.165, 1.54) is 25.3 Å². The number of nitrogen functional groups attached to an aromatic ring is 1. The molecule has 6 heteroatoms. The molecule has 1 aliphatic rings. The van der Waals surface area contributed by atoms with Gasteiger partial charge in [0.2, 0.25) is 10.0 Å². The van der Waals surface area contributed by atoms with E-state index in [1.807, 2.05) is 0 Å². The molecule has 1 saturated carbocycles. The Hall–Kier alpha value is -0.780. The lowest BCUT2D eigenvalue weighted by Gasteiger charge is -2.21. The van der Waals surface area contributed by atoms with Crippen LogP contribution in [-0.2, 0) is 10.0 Å². The quantitative estimate of drug-likeness (QED) is 0.831. The highest BCUT2D eigenvalue weighted by molar-refractivity contribution is 7.89. The standard InChI is InChI=1S/C15H23ClN2O2S/c1-11-9-13(10-14(17)15(11)16)21(19,20)18-12-7-5-3-2-4-6-8-12/h9-10,12,18H,2-8,17H2,1H3. The van der Waals surface area contributed by atoms with Crippen LogP contribution in [-0.4, -0.2) is 14.5 Å². The molecule has 0 radical (unpaired) electrons. The van der Waals surface area contributed by atoms with Crippen LogP contribution >= 0.6 is 11.6 Å². The summed E-state index contributed by atoms with van der Waals surface area (Å²) >= 11 is 5.99. The molecule has 21 heavy (non-hydrogen) atoms. The van der Waals surface area contributed by atoms with Crippen molar-refractivity contribution in [1.82, 2.24) is 4.72 Å².